The molecule has 104 valence electrons. The van der Waals surface area contributed by atoms with E-state index in [9.17, 15) is 4.79 Å². The zero-order valence-electron chi connectivity index (χ0n) is 11.2. The Hall–Kier alpha value is -0.650. The number of esters is 1. The molecule has 18 heavy (non-hydrogen) atoms. The molecule has 1 saturated carbocycles. The van der Waals surface area contributed by atoms with Crippen molar-refractivity contribution in [1.82, 2.24) is 10.2 Å². The zero-order valence-corrected chi connectivity index (χ0v) is 11.2. The Morgan fingerprint density at radius 3 is 2.78 bits per heavy atom. The molecule has 5 heteroatoms. The first kappa shape index (κ1) is 13.8. The van der Waals surface area contributed by atoms with Crippen molar-refractivity contribution in [2.45, 2.75) is 38.3 Å². The largest absolute Gasteiger partial charge is 0.465 e. The lowest BCUT2D eigenvalue weighted by Crippen LogP contribution is -2.44. The van der Waals surface area contributed by atoms with Gasteiger partial charge in [-0.15, -0.1) is 0 Å². The highest BCUT2D eigenvalue weighted by Crippen LogP contribution is 2.20. The first-order valence-electron chi connectivity index (χ1n) is 7.02. The summed E-state index contributed by atoms with van der Waals surface area (Å²) in [5.41, 5.74) is 0. The topological polar surface area (TPSA) is 50.8 Å². The molecule has 1 N–H and O–H groups in total. The molecule has 0 aromatic carbocycles. The van der Waals surface area contributed by atoms with Gasteiger partial charge in [-0.2, -0.15) is 0 Å². The molecule has 0 radical (unpaired) electrons. The minimum atomic E-state index is -0.139. The number of hydrogen-bond acceptors (Lipinski definition) is 5. The molecule has 1 aliphatic carbocycles. The second kappa shape index (κ2) is 7.07. The predicted molar refractivity (Wildman–Crippen MR) is 68.5 cm³/mol. The summed E-state index contributed by atoms with van der Waals surface area (Å²) < 4.78 is 10.4. The third kappa shape index (κ3) is 4.55. The highest BCUT2D eigenvalue weighted by Gasteiger charge is 2.29. The fourth-order valence-corrected chi connectivity index (χ4v) is 2.18. The molecule has 2 fully saturated rings. The van der Waals surface area contributed by atoms with Crippen molar-refractivity contribution >= 4 is 5.97 Å². The van der Waals surface area contributed by atoms with Crippen molar-refractivity contribution < 1.29 is 14.3 Å². The first-order valence-corrected chi connectivity index (χ1v) is 7.02. The van der Waals surface area contributed by atoms with Gasteiger partial charge in [0.15, 0.2) is 0 Å². The van der Waals surface area contributed by atoms with E-state index < -0.39 is 0 Å². The molecule has 1 heterocycles. The van der Waals surface area contributed by atoms with Crippen LogP contribution in [0.4, 0.5) is 0 Å². The van der Waals surface area contributed by atoms with E-state index >= 15 is 0 Å². The van der Waals surface area contributed by atoms with E-state index in [-0.39, 0.29) is 12.0 Å². The van der Waals surface area contributed by atoms with E-state index in [1.807, 2.05) is 6.92 Å². The maximum absolute atomic E-state index is 11.9. The van der Waals surface area contributed by atoms with E-state index in [4.69, 9.17) is 9.47 Å². The third-order valence-electron chi connectivity index (χ3n) is 3.42. The molecule has 0 aromatic heterocycles. The fourth-order valence-electron chi connectivity index (χ4n) is 2.18. The van der Waals surface area contributed by atoms with Crippen LogP contribution < -0.4 is 5.32 Å². The van der Waals surface area contributed by atoms with Crippen LogP contribution in [0.3, 0.4) is 0 Å². The normalized spacial score (nSPS) is 22.7. The first-order chi connectivity index (χ1) is 8.79. The van der Waals surface area contributed by atoms with Crippen LogP contribution in [0.1, 0.15) is 26.2 Å². The van der Waals surface area contributed by atoms with Gasteiger partial charge in [-0.1, -0.05) is 0 Å². The van der Waals surface area contributed by atoms with Crippen molar-refractivity contribution in [3.8, 4) is 0 Å². The van der Waals surface area contributed by atoms with Gasteiger partial charge in [-0.05, 0) is 26.2 Å². The quantitative estimate of drug-likeness (QED) is 0.668. The Bertz CT molecular complexity index is 263. The number of carbonyl (C=O) groups excluding carboxylic acids is 1. The Morgan fingerprint density at radius 2 is 2.17 bits per heavy atom. The smallest absolute Gasteiger partial charge is 0.323 e. The van der Waals surface area contributed by atoms with Gasteiger partial charge in [-0.3, -0.25) is 9.69 Å². The summed E-state index contributed by atoms with van der Waals surface area (Å²) in [5, 5.41) is 3.38. The Balaban J connectivity index is 1.74. The van der Waals surface area contributed by atoms with Gasteiger partial charge in [0.2, 0.25) is 0 Å². The molecule has 0 spiro atoms. The van der Waals surface area contributed by atoms with Crippen LogP contribution in [0.5, 0.6) is 0 Å². The summed E-state index contributed by atoms with van der Waals surface area (Å²) in [6, 6.07) is 0.393. The summed E-state index contributed by atoms with van der Waals surface area (Å²) >= 11 is 0. The zero-order chi connectivity index (χ0) is 12.8. The van der Waals surface area contributed by atoms with Gasteiger partial charge in [0, 0.05) is 25.7 Å². The van der Waals surface area contributed by atoms with Crippen LogP contribution in [0.2, 0.25) is 0 Å². The van der Waals surface area contributed by atoms with Gasteiger partial charge < -0.3 is 14.8 Å². The van der Waals surface area contributed by atoms with Gasteiger partial charge >= 0.3 is 5.97 Å². The van der Waals surface area contributed by atoms with E-state index in [0.717, 1.165) is 39.3 Å². The number of nitrogens with zero attached hydrogens (tertiary/aromatic N) is 1. The SMILES string of the molecule is CCOC(=O)C(CCN1CCOCC1)NC1CC1. The van der Waals surface area contributed by atoms with Crippen LogP contribution in [0, 0.1) is 0 Å². The molecular weight excluding hydrogens is 232 g/mol. The van der Waals surface area contributed by atoms with Crippen LogP contribution in [0.15, 0.2) is 0 Å². The summed E-state index contributed by atoms with van der Waals surface area (Å²) in [6.45, 7) is 6.80. The minimum Gasteiger partial charge on any atom is -0.465 e. The molecule has 1 unspecified atom stereocenters. The second-order valence-corrected chi connectivity index (χ2v) is 4.99. The Morgan fingerprint density at radius 1 is 1.44 bits per heavy atom. The Kier molecular flexibility index (Phi) is 5.41. The number of nitrogens with one attached hydrogen (secondary N) is 1. The molecule has 0 amide bonds. The summed E-state index contributed by atoms with van der Waals surface area (Å²) in [7, 11) is 0. The van der Waals surface area contributed by atoms with Crippen LogP contribution in [-0.4, -0.2) is 62.4 Å². The average Bonchev–Trinajstić information content (AvgIpc) is 3.20. The number of hydrogen-bond donors (Lipinski definition) is 1. The maximum Gasteiger partial charge on any atom is 0.323 e. The molecule has 2 aliphatic rings. The molecule has 1 atom stereocenters. The summed E-state index contributed by atoms with van der Waals surface area (Å²) in [6.07, 6.45) is 3.20. The predicted octanol–water partition coefficient (Wildman–Crippen LogP) is 0.392. The molecule has 0 bridgehead atoms. The average molecular weight is 256 g/mol. The van der Waals surface area contributed by atoms with E-state index in [0.29, 0.717) is 12.6 Å². The minimum absolute atomic E-state index is 0.0994. The third-order valence-corrected chi connectivity index (χ3v) is 3.42. The highest BCUT2D eigenvalue weighted by atomic mass is 16.5. The number of ether oxygens (including phenoxy) is 2. The summed E-state index contributed by atoms with van der Waals surface area (Å²) in [4.78, 5) is 14.2. The molecule has 5 nitrogen and oxygen atoms in total. The van der Waals surface area contributed by atoms with Crippen molar-refractivity contribution in [2.24, 2.45) is 0 Å². The fraction of sp³-hybridized carbons (Fsp3) is 0.923. The molecule has 1 aliphatic heterocycles. The molecule has 2 rings (SSSR count). The van der Waals surface area contributed by atoms with Gasteiger partial charge in [0.1, 0.15) is 6.04 Å². The van der Waals surface area contributed by atoms with E-state index in [1.165, 1.54) is 12.8 Å². The van der Waals surface area contributed by atoms with Crippen molar-refractivity contribution in [2.75, 3.05) is 39.5 Å². The van der Waals surface area contributed by atoms with Gasteiger partial charge in [-0.25, -0.2) is 0 Å². The number of morpholine rings is 1. The van der Waals surface area contributed by atoms with Crippen molar-refractivity contribution in [1.29, 1.82) is 0 Å². The van der Waals surface area contributed by atoms with Gasteiger partial charge in [0.25, 0.3) is 0 Å². The lowest BCUT2D eigenvalue weighted by Gasteiger charge is -2.28. The Labute approximate surface area is 109 Å². The summed E-state index contributed by atoms with van der Waals surface area (Å²) in [5.74, 6) is -0.0994. The van der Waals surface area contributed by atoms with Crippen LogP contribution in [0.25, 0.3) is 0 Å². The standard InChI is InChI=1S/C13H24N2O3/c1-2-18-13(16)12(14-11-3-4-11)5-6-15-7-9-17-10-8-15/h11-12,14H,2-10H2,1H3. The molecule has 1 saturated heterocycles. The van der Waals surface area contributed by atoms with E-state index in [2.05, 4.69) is 10.2 Å². The molecular formula is C13H24N2O3. The number of rotatable bonds is 7. The maximum atomic E-state index is 11.9. The monoisotopic (exact) mass is 256 g/mol. The van der Waals surface area contributed by atoms with Crippen molar-refractivity contribution in [3.63, 3.8) is 0 Å². The van der Waals surface area contributed by atoms with Crippen molar-refractivity contribution in [3.05, 3.63) is 0 Å². The molecule has 0 aromatic rings. The lowest BCUT2D eigenvalue weighted by atomic mass is 10.2. The van der Waals surface area contributed by atoms with Gasteiger partial charge in [0.05, 0.1) is 19.8 Å². The van der Waals surface area contributed by atoms with E-state index in [1.54, 1.807) is 0 Å². The highest BCUT2D eigenvalue weighted by molar-refractivity contribution is 5.75. The lowest BCUT2D eigenvalue weighted by molar-refractivity contribution is -0.146. The van der Waals surface area contributed by atoms with Crippen LogP contribution >= 0.6 is 0 Å². The van der Waals surface area contributed by atoms with Crippen LogP contribution in [-0.2, 0) is 14.3 Å². The number of carbonyl (C=O) groups is 1. The second-order valence-electron chi connectivity index (χ2n) is 4.99.